The second-order valence-electron chi connectivity index (χ2n) is 3.55. The highest BCUT2D eigenvalue weighted by Gasteiger charge is 2.11. The second-order valence-corrected chi connectivity index (χ2v) is 3.55. The van der Waals surface area contributed by atoms with Crippen LogP contribution in [0.5, 0.6) is 0 Å². The predicted octanol–water partition coefficient (Wildman–Crippen LogP) is 2.34. The van der Waals surface area contributed by atoms with Gasteiger partial charge in [-0.1, -0.05) is 38.0 Å². The predicted molar refractivity (Wildman–Crippen MR) is 50.7 cm³/mol. The number of rotatable bonds is 2. The van der Waals surface area contributed by atoms with Crippen LogP contribution in [0.25, 0.3) is 0 Å². The van der Waals surface area contributed by atoms with Crippen LogP contribution in [0.4, 0.5) is 0 Å². The summed E-state index contributed by atoms with van der Waals surface area (Å²) in [6.07, 6.45) is 9.29. The van der Waals surface area contributed by atoms with Gasteiger partial charge in [-0.2, -0.15) is 0 Å². The van der Waals surface area contributed by atoms with Crippen LogP contribution in [0.3, 0.4) is 0 Å². The van der Waals surface area contributed by atoms with Gasteiger partial charge in [0.15, 0.2) is 0 Å². The van der Waals surface area contributed by atoms with Gasteiger partial charge in [0, 0.05) is 6.42 Å². The summed E-state index contributed by atoms with van der Waals surface area (Å²) in [5.74, 6) is 6.60. The zero-order valence-corrected chi connectivity index (χ0v) is 7.68. The molecule has 0 unspecified atom stereocenters. The summed E-state index contributed by atoms with van der Waals surface area (Å²) in [6.45, 7) is 0.0185. The molecule has 0 radical (unpaired) electrons. The van der Waals surface area contributed by atoms with Gasteiger partial charge in [0.1, 0.15) is 6.61 Å². The SMILES string of the molecule is OCC#CCCC1CCCCC1. The van der Waals surface area contributed by atoms with Crippen molar-refractivity contribution in [1.29, 1.82) is 0 Å². The van der Waals surface area contributed by atoms with Crippen LogP contribution in [0.2, 0.25) is 0 Å². The van der Waals surface area contributed by atoms with Gasteiger partial charge in [-0.05, 0) is 12.3 Å². The van der Waals surface area contributed by atoms with E-state index in [1.807, 2.05) is 0 Å². The molecule has 1 heteroatoms. The van der Waals surface area contributed by atoms with Crippen LogP contribution in [-0.2, 0) is 0 Å². The second kappa shape index (κ2) is 6.08. The largest absolute Gasteiger partial charge is 0.384 e. The van der Waals surface area contributed by atoms with Crippen molar-refractivity contribution in [3.63, 3.8) is 0 Å². The Labute approximate surface area is 75.2 Å². The molecule has 1 aliphatic carbocycles. The first-order chi connectivity index (χ1) is 5.93. The van der Waals surface area contributed by atoms with Gasteiger partial charge < -0.3 is 5.11 Å². The minimum Gasteiger partial charge on any atom is -0.384 e. The quantitative estimate of drug-likeness (QED) is 0.624. The third kappa shape index (κ3) is 3.78. The van der Waals surface area contributed by atoms with Crippen molar-refractivity contribution in [3.05, 3.63) is 0 Å². The Balaban J connectivity index is 2.05. The summed E-state index contributed by atoms with van der Waals surface area (Å²) in [4.78, 5) is 0. The van der Waals surface area contributed by atoms with Crippen LogP contribution in [-0.4, -0.2) is 11.7 Å². The first-order valence-electron chi connectivity index (χ1n) is 5.00. The highest BCUT2D eigenvalue weighted by atomic mass is 16.2. The smallest absolute Gasteiger partial charge is 0.104 e. The molecular formula is C11H18O. The summed E-state index contributed by atoms with van der Waals surface area (Å²) < 4.78 is 0. The molecule has 0 atom stereocenters. The summed E-state index contributed by atoms with van der Waals surface area (Å²) in [5.41, 5.74) is 0. The normalized spacial score (nSPS) is 18.4. The zero-order valence-electron chi connectivity index (χ0n) is 7.68. The van der Waals surface area contributed by atoms with E-state index in [1.54, 1.807) is 0 Å². The summed E-state index contributed by atoms with van der Waals surface area (Å²) in [7, 11) is 0. The van der Waals surface area contributed by atoms with E-state index in [0.717, 1.165) is 12.3 Å². The number of aliphatic hydroxyl groups is 1. The highest BCUT2D eigenvalue weighted by Crippen LogP contribution is 2.26. The van der Waals surface area contributed by atoms with Gasteiger partial charge in [0.2, 0.25) is 0 Å². The van der Waals surface area contributed by atoms with E-state index in [1.165, 1.54) is 38.5 Å². The molecule has 12 heavy (non-hydrogen) atoms. The molecule has 1 fully saturated rings. The Morgan fingerprint density at radius 2 is 1.83 bits per heavy atom. The van der Waals surface area contributed by atoms with E-state index in [2.05, 4.69) is 11.8 Å². The Morgan fingerprint density at radius 1 is 1.08 bits per heavy atom. The van der Waals surface area contributed by atoms with Crippen LogP contribution >= 0.6 is 0 Å². The van der Waals surface area contributed by atoms with Gasteiger partial charge in [0.25, 0.3) is 0 Å². The molecule has 0 aromatic carbocycles. The van der Waals surface area contributed by atoms with Crippen LogP contribution in [0.1, 0.15) is 44.9 Å². The first-order valence-corrected chi connectivity index (χ1v) is 5.00. The van der Waals surface area contributed by atoms with Crippen LogP contribution in [0.15, 0.2) is 0 Å². The van der Waals surface area contributed by atoms with E-state index in [-0.39, 0.29) is 6.61 Å². The zero-order chi connectivity index (χ0) is 8.65. The molecule has 1 nitrogen and oxygen atoms in total. The molecule has 0 amide bonds. The van der Waals surface area contributed by atoms with Crippen molar-refractivity contribution in [2.75, 3.05) is 6.61 Å². The minimum atomic E-state index is 0.0185. The molecule has 1 rings (SSSR count). The van der Waals surface area contributed by atoms with Gasteiger partial charge in [-0.3, -0.25) is 0 Å². The average Bonchev–Trinajstić information content (AvgIpc) is 2.14. The lowest BCUT2D eigenvalue weighted by molar-refractivity contribution is 0.341. The molecule has 0 spiro atoms. The van der Waals surface area contributed by atoms with E-state index < -0.39 is 0 Å². The number of hydrogen-bond donors (Lipinski definition) is 1. The van der Waals surface area contributed by atoms with Crippen molar-refractivity contribution >= 4 is 0 Å². The molecule has 1 N–H and O–H groups in total. The Morgan fingerprint density at radius 3 is 2.50 bits per heavy atom. The summed E-state index contributed by atoms with van der Waals surface area (Å²) in [5, 5.41) is 8.43. The van der Waals surface area contributed by atoms with E-state index in [4.69, 9.17) is 5.11 Å². The lowest BCUT2D eigenvalue weighted by atomic mass is 9.86. The molecule has 0 aromatic heterocycles. The standard InChI is InChI=1S/C11H18O/c12-10-6-2-5-9-11-7-3-1-4-8-11/h11-12H,1,3-5,7-10H2. The molecule has 0 aromatic rings. The molecule has 0 bridgehead atoms. The van der Waals surface area contributed by atoms with Crippen LogP contribution in [0, 0.1) is 17.8 Å². The van der Waals surface area contributed by atoms with Crippen molar-refractivity contribution in [3.8, 4) is 11.8 Å². The lowest BCUT2D eigenvalue weighted by Crippen LogP contribution is -2.05. The van der Waals surface area contributed by atoms with E-state index >= 15 is 0 Å². The van der Waals surface area contributed by atoms with Gasteiger partial charge in [-0.15, -0.1) is 5.92 Å². The lowest BCUT2D eigenvalue weighted by Gasteiger charge is -2.20. The first kappa shape index (κ1) is 9.61. The average molecular weight is 166 g/mol. The van der Waals surface area contributed by atoms with Gasteiger partial charge in [-0.25, -0.2) is 0 Å². The molecule has 0 heterocycles. The van der Waals surface area contributed by atoms with Crippen molar-refractivity contribution in [1.82, 2.24) is 0 Å². The van der Waals surface area contributed by atoms with Gasteiger partial charge >= 0.3 is 0 Å². The summed E-state index contributed by atoms with van der Waals surface area (Å²) in [6, 6.07) is 0. The van der Waals surface area contributed by atoms with Gasteiger partial charge in [0.05, 0.1) is 0 Å². The topological polar surface area (TPSA) is 20.2 Å². The van der Waals surface area contributed by atoms with Crippen molar-refractivity contribution < 1.29 is 5.11 Å². The fourth-order valence-electron chi connectivity index (χ4n) is 1.90. The molecular weight excluding hydrogens is 148 g/mol. The Kier molecular flexibility index (Phi) is 4.87. The van der Waals surface area contributed by atoms with E-state index in [0.29, 0.717) is 0 Å². The van der Waals surface area contributed by atoms with E-state index in [9.17, 15) is 0 Å². The molecule has 0 saturated heterocycles. The van der Waals surface area contributed by atoms with Crippen molar-refractivity contribution in [2.45, 2.75) is 44.9 Å². The molecule has 0 aliphatic heterocycles. The maximum absolute atomic E-state index is 8.43. The van der Waals surface area contributed by atoms with Crippen molar-refractivity contribution in [2.24, 2.45) is 5.92 Å². The Bertz CT molecular complexity index is 158. The fourth-order valence-corrected chi connectivity index (χ4v) is 1.90. The highest BCUT2D eigenvalue weighted by molar-refractivity contribution is 4.98. The molecule has 1 saturated carbocycles. The fraction of sp³-hybridized carbons (Fsp3) is 0.818. The van der Waals surface area contributed by atoms with Crippen LogP contribution < -0.4 is 0 Å². The monoisotopic (exact) mass is 166 g/mol. The number of aliphatic hydroxyl groups excluding tert-OH is 1. The maximum atomic E-state index is 8.43. The summed E-state index contributed by atoms with van der Waals surface area (Å²) >= 11 is 0. The Hall–Kier alpha value is -0.480. The third-order valence-electron chi connectivity index (χ3n) is 2.61. The number of hydrogen-bond acceptors (Lipinski definition) is 1. The molecule has 1 aliphatic rings. The third-order valence-corrected chi connectivity index (χ3v) is 2.61. The maximum Gasteiger partial charge on any atom is 0.104 e. The minimum absolute atomic E-state index is 0.0185. The molecule has 68 valence electrons.